The molecule has 0 bridgehead atoms. The van der Waals surface area contributed by atoms with Crippen molar-refractivity contribution in [2.24, 2.45) is 7.05 Å². The lowest BCUT2D eigenvalue weighted by molar-refractivity contribution is -0.137. The van der Waals surface area contributed by atoms with E-state index in [9.17, 15) is 27.9 Å². The molecule has 14 heteroatoms. The number of amides is 1. The Morgan fingerprint density at radius 3 is 2.63 bits per heavy atom. The molecule has 3 N–H and O–H groups in total. The molecule has 4 aromatic rings. The molecule has 43 heavy (non-hydrogen) atoms. The Bertz CT molecular complexity index is 1780. The van der Waals surface area contributed by atoms with Crippen molar-refractivity contribution in [2.75, 3.05) is 17.7 Å². The highest BCUT2D eigenvalue weighted by molar-refractivity contribution is 7.99. The maximum absolute atomic E-state index is 13.3. The molecule has 0 aliphatic rings. The standard InChI is InChI=1S/C29H29F3N6O4S/c1-6-8-21-23-24(38(5)37-21)26(39)36-25(35-23)18-14-17(10-12-22(18)42-7-2)43-15-28(3,41)27(40)34-16-9-11-20(33-4)19(13-16)29(30,31)32/h9-14,41H,6-8,15H2,1-3,5H3,(H,34,40)(H,35,36,39)/t28-/m0/s1. The third-order valence-electron chi connectivity index (χ3n) is 6.44. The van der Waals surface area contributed by atoms with E-state index in [1.54, 1.807) is 25.2 Å². The third-order valence-corrected chi connectivity index (χ3v) is 7.74. The molecule has 2 aromatic carbocycles. The van der Waals surface area contributed by atoms with Gasteiger partial charge in [0.1, 0.15) is 22.7 Å². The third kappa shape index (κ3) is 6.84. The minimum absolute atomic E-state index is 0.162. The Labute approximate surface area is 249 Å². The molecule has 1 atom stereocenters. The van der Waals surface area contributed by atoms with Crippen LogP contribution in [0.2, 0.25) is 0 Å². The molecule has 10 nitrogen and oxygen atoms in total. The van der Waals surface area contributed by atoms with Gasteiger partial charge in [0, 0.05) is 23.4 Å². The molecule has 0 unspecified atom stereocenters. The highest BCUT2D eigenvalue weighted by Crippen LogP contribution is 2.38. The molecule has 0 aliphatic heterocycles. The van der Waals surface area contributed by atoms with Crippen LogP contribution in [0.1, 0.15) is 38.4 Å². The van der Waals surface area contributed by atoms with Gasteiger partial charge in [-0.3, -0.25) is 14.3 Å². The number of benzene rings is 2. The van der Waals surface area contributed by atoms with Gasteiger partial charge in [-0.15, -0.1) is 11.8 Å². The lowest BCUT2D eigenvalue weighted by atomic mass is 10.1. The largest absolute Gasteiger partial charge is 0.493 e. The molecule has 1 amide bonds. The summed E-state index contributed by atoms with van der Waals surface area (Å²) >= 11 is 1.12. The number of nitrogens with zero attached hydrogens (tertiary/aromatic N) is 4. The number of aryl methyl sites for hydroxylation is 2. The van der Waals surface area contributed by atoms with E-state index in [1.807, 2.05) is 13.8 Å². The van der Waals surface area contributed by atoms with Gasteiger partial charge < -0.3 is 20.1 Å². The Hall–Kier alpha value is -4.35. The average Bonchev–Trinajstić information content (AvgIpc) is 3.27. The molecule has 2 heterocycles. The SMILES string of the molecule is [C-]#[N+]c1ccc(NC(=O)[C@@](C)(O)CSc2ccc(OCC)c(-c3nc4c(CCC)nn(C)c4c(=O)[nH]3)c2)cc1C(F)(F)F. The predicted octanol–water partition coefficient (Wildman–Crippen LogP) is 5.73. The fourth-order valence-electron chi connectivity index (χ4n) is 4.34. The second-order valence-corrected chi connectivity index (χ2v) is 10.9. The molecule has 0 radical (unpaired) electrons. The Balaban J connectivity index is 1.60. The summed E-state index contributed by atoms with van der Waals surface area (Å²) in [4.78, 5) is 36.9. The zero-order chi connectivity index (χ0) is 31.5. The van der Waals surface area contributed by atoms with E-state index in [0.29, 0.717) is 52.0 Å². The number of carbonyl (C=O) groups is 1. The van der Waals surface area contributed by atoms with Crippen molar-refractivity contribution in [1.29, 1.82) is 0 Å². The lowest BCUT2D eigenvalue weighted by Gasteiger charge is -2.22. The molecule has 0 fully saturated rings. The summed E-state index contributed by atoms with van der Waals surface area (Å²) in [6.07, 6.45) is -3.34. The monoisotopic (exact) mass is 614 g/mol. The van der Waals surface area contributed by atoms with Gasteiger partial charge in [-0.2, -0.15) is 18.3 Å². The molecule has 2 aromatic heterocycles. The summed E-state index contributed by atoms with van der Waals surface area (Å²) in [5.74, 6) is -0.360. The number of alkyl halides is 3. The second-order valence-electron chi connectivity index (χ2n) is 9.88. The number of hydrogen-bond donors (Lipinski definition) is 3. The number of aromatic amines is 1. The first-order valence-electron chi connectivity index (χ1n) is 13.3. The molecular formula is C29H29F3N6O4S. The zero-order valence-electron chi connectivity index (χ0n) is 23.8. The van der Waals surface area contributed by atoms with Crippen LogP contribution in [-0.4, -0.2) is 48.7 Å². The first-order valence-corrected chi connectivity index (χ1v) is 14.3. The van der Waals surface area contributed by atoms with Crippen molar-refractivity contribution in [1.82, 2.24) is 19.7 Å². The van der Waals surface area contributed by atoms with Crippen molar-refractivity contribution < 1.29 is 27.8 Å². The maximum atomic E-state index is 13.3. The van der Waals surface area contributed by atoms with Crippen LogP contribution in [0.25, 0.3) is 27.3 Å². The number of halogens is 3. The van der Waals surface area contributed by atoms with Crippen LogP contribution < -0.4 is 15.6 Å². The van der Waals surface area contributed by atoms with E-state index in [0.717, 1.165) is 24.2 Å². The summed E-state index contributed by atoms with van der Waals surface area (Å²) in [5.41, 5.74) is -2.32. The number of aromatic nitrogens is 4. The molecule has 4 rings (SSSR count). The molecule has 0 aliphatic carbocycles. The summed E-state index contributed by atoms with van der Waals surface area (Å²) in [6, 6.07) is 7.90. The van der Waals surface area contributed by atoms with Gasteiger partial charge in [0.05, 0.1) is 30.0 Å². The highest BCUT2D eigenvalue weighted by atomic mass is 32.2. The summed E-state index contributed by atoms with van der Waals surface area (Å²) in [7, 11) is 1.68. The number of aliphatic hydroxyl groups is 1. The Morgan fingerprint density at radius 2 is 1.98 bits per heavy atom. The van der Waals surface area contributed by atoms with Crippen LogP contribution >= 0.6 is 11.8 Å². The normalized spacial score (nSPS) is 13.0. The van der Waals surface area contributed by atoms with Gasteiger partial charge in [-0.05, 0) is 50.6 Å². The first kappa shape index (κ1) is 31.6. The van der Waals surface area contributed by atoms with Crippen molar-refractivity contribution in [3.8, 4) is 17.1 Å². The van der Waals surface area contributed by atoms with E-state index in [-0.39, 0.29) is 22.8 Å². The number of thioether (sulfide) groups is 1. The van der Waals surface area contributed by atoms with Gasteiger partial charge in [-0.1, -0.05) is 19.4 Å². The van der Waals surface area contributed by atoms with Crippen molar-refractivity contribution in [2.45, 2.75) is 50.3 Å². The van der Waals surface area contributed by atoms with Crippen molar-refractivity contribution >= 4 is 40.1 Å². The van der Waals surface area contributed by atoms with Crippen molar-refractivity contribution in [3.63, 3.8) is 0 Å². The van der Waals surface area contributed by atoms with Crippen LogP contribution in [0.15, 0.2) is 46.1 Å². The maximum Gasteiger partial charge on any atom is 0.407 e. The fraction of sp³-hybridized carbons (Fsp3) is 0.345. The van der Waals surface area contributed by atoms with Gasteiger partial charge >= 0.3 is 6.18 Å². The van der Waals surface area contributed by atoms with E-state index in [4.69, 9.17) is 16.3 Å². The molecule has 0 saturated heterocycles. The van der Waals surface area contributed by atoms with E-state index >= 15 is 0 Å². The number of fused-ring (bicyclic) bond motifs is 1. The Kier molecular flexibility index (Phi) is 9.17. The number of carbonyl (C=O) groups excluding carboxylic acids is 1. The molecular weight excluding hydrogens is 585 g/mol. The minimum Gasteiger partial charge on any atom is -0.493 e. The lowest BCUT2D eigenvalue weighted by Crippen LogP contribution is -2.42. The summed E-state index contributed by atoms with van der Waals surface area (Å²) < 4.78 is 47.3. The van der Waals surface area contributed by atoms with Gasteiger partial charge in [0.25, 0.3) is 11.5 Å². The predicted molar refractivity (Wildman–Crippen MR) is 157 cm³/mol. The Morgan fingerprint density at radius 1 is 1.23 bits per heavy atom. The molecule has 226 valence electrons. The quantitative estimate of drug-likeness (QED) is 0.154. The number of rotatable bonds is 10. The minimum atomic E-state index is -4.79. The van der Waals surface area contributed by atoms with E-state index < -0.39 is 28.9 Å². The van der Waals surface area contributed by atoms with Crippen LogP contribution in [0.4, 0.5) is 24.5 Å². The van der Waals surface area contributed by atoms with Crippen LogP contribution in [0, 0.1) is 6.57 Å². The van der Waals surface area contributed by atoms with Crippen LogP contribution in [-0.2, 0) is 24.4 Å². The van der Waals surface area contributed by atoms with Crippen molar-refractivity contribution in [3.05, 3.63) is 69.4 Å². The first-order chi connectivity index (χ1) is 20.3. The number of H-pyrrole nitrogens is 1. The van der Waals surface area contributed by atoms with Crippen LogP contribution in [0.3, 0.4) is 0 Å². The molecule has 0 saturated carbocycles. The van der Waals surface area contributed by atoms with Gasteiger partial charge in [0.15, 0.2) is 11.2 Å². The highest BCUT2D eigenvalue weighted by Gasteiger charge is 2.35. The smallest absolute Gasteiger partial charge is 0.407 e. The summed E-state index contributed by atoms with van der Waals surface area (Å²) in [5, 5.41) is 17.6. The van der Waals surface area contributed by atoms with Gasteiger partial charge in [0.2, 0.25) is 0 Å². The molecule has 0 spiro atoms. The number of ether oxygens (including phenoxy) is 1. The van der Waals surface area contributed by atoms with E-state index in [2.05, 4.69) is 20.2 Å². The van der Waals surface area contributed by atoms with Gasteiger partial charge in [-0.25, -0.2) is 9.83 Å². The number of hydrogen-bond acceptors (Lipinski definition) is 7. The topological polar surface area (TPSA) is 126 Å². The average molecular weight is 615 g/mol. The summed E-state index contributed by atoms with van der Waals surface area (Å²) in [6.45, 7) is 12.4. The van der Waals surface area contributed by atoms with E-state index in [1.165, 1.54) is 17.7 Å². The fourth-order valence-corrected chi connectivity index (χ4v) is 5.28. The van der Waals surface area contributed by atoms with Crippen LogP contribution in [0.5, 0.6) is 5.75 Å². The number of nitrogens with one attached hydrogen (secondary N) is 2. The number of anilines is 1. The zero-order valence-corrected chi connectivity index (χ0v) is 24.6. The second kappa shape index (κ2) is 12.5.